The number of H-pyrrole nitrogens is 1. The maximum absolute atomic E-state index is 11.8. The first-order valence-corrected chi connectivity index (χ1v) is 4.81. The molecule has 7 heteroatoms. The predicted octanol–water partition coefficient (Wildman–Crippen LogP) is -0.930. The summed E-state index contributed by atoms with van der Waals surface area (Å²) in [6.07, 6.45) is 0.693. The van der Waals surface area contributed by atoms with Crippen LogP contribution in [0.2, 0.25) is 0 Å². The quantitative estimate of drug-likeness (QED) is 0.602. The van der Waals surface area contributed by atoms with Gasteiger partial charge in [0.2, 0.25) is 0 Å². The Morgan fingerprint density at radius 3 is 2.88 bits per heavy atom. The van der Waals surface area contributed by atoms with Gasteiger partial charge in [-0.3, -0.25) is 9.89 Å². The van der Waals surface area contributed by atoms with E-state index < -0.39 is 24.0 Å². The van der Waals surface area contributed by atoms with Crippen molar-refractivity contribution in [2.45, 2.75) is 18.6 Å². The molecule has 7 nitrogen and oxygen atoms in total. The van der Waals surface area contributed by atoms with Gasteiger partial charge in [0, 0.05) is 19.2 Å². The number of carbonyl (C=O) groups is 2. The van der Waals surface area contributed by atoms with Crippen LogP contribution in [-0.2, 0) is 4.79 Å². The van der Waals surface area contributed by atoms with Crippen LogP contribution in [0.4, 0.5) is 0 Å². The minimum Gasteiger partial charge on any atom is -0.480 e. The van der Waals surface area contributed by atoms with E-state index in [4.69, 9.17) is 5.11 Å². The number of likely N-dealkylation sites (tertiary alicyclic amines) is 1. The van der Waals surface area contributed by atoms with Crippen molar-refractivity contribution in [2.24, 2.45) is 0 Å². The third kappa shape index (κ3) is 1.76. The molecule has 16 heavy (non-hydrogen) atoms. The first kappa shape index (κ1) is 10.6. The van der Waals surface area contributed by atoms with Crippen LogP contribution in [0.5, 0.6) is 0 Å². The van der Waals surface area contributed by atoms with Crippen molar-refractivity contribution < 1.29 is 19.8 Å². The van der Waals surface area contributed by atoms with E-state index in [1.54, 1.807) is 0 Å². The molecular weight excluding hydrogens is 214 g/mol. The summed E-state index contributed by atoms with van der Waals surface area (Å²) in [5.41, 5.74) is 0.223. The van der Waals surface area contributed by atoms with Crippen molar-refractivity contribution in [3.8, 4) is 0 Å². The van der Waals surface area contributed by atoms with Gasteiger partial charge in [0.05, 0.1) is 6.10 Å². The van der Waals surface area contributed by atoms with E-state index in [0.29, 0.717) is 0 Å². The van der Waals surface area contributed by atoms with Gasteiger partial charge in [0.1, 0.15) is 11.7 Å². The second-order valence-corrected chi connectivity index (χ2v) is 3.67. The number of aromatic nitrogens is 2. The van der Waals surface area contributed by atoms with Gasteiger partial charge in [-0.15, -0.1) is 0 Å². The molecule has 0 spiro atoms. The molecule has 86 valence electrons. The number of aliphatic carboxylic acids is 1. The van der Waals surface area contributed by atoms with Crippen molar-refractivity contribution in [1.29, 1.82) is 0 Å². The molecule has 1 unspecified atom stereocenters. The van der Waals surface area contributed by atoms with Crippen molar-refractivity contribution in [2.75, 3.05) is 6.54 Å². The number of hydrogen-bond acceptors (Lipinski definition) is 4. The zero-order chi connectivity index (χ0) is 11.7. The second kappa shape index (κ2) is 3.93. The minimum atomic E-state index is -1.11. The van der Waals surface area contributed by atoms with Crippen LogP contribution in [-0.4, -0.2) is 55.9 Å². The van der Waals surface area contributed by atoms with Gasteiger partial charge in [-0.2, -0.15) is 5.10 Å². The summed E-state index contributed by atoms with van der Waals surface area (Å²) in [6, 6.07) is 0.497. The average Bonchev–Trinajstić information content (AvgIpc) is 2.84. The highest BCUT2D eigenvalue weighted by Gasteiger charge is 2.39. The fourth-order valence-corrected chi connectivity index (χ4v) is 1.80. The Labute approximate surface area is 90.7 Å². The van der Waals surface area contributed by atoms with Crippen LogP contribution < -0.4 is 0 Å². The van der Waals surface area contributed by atoms with Gasteiger partial charge in [-0.05, 0) is 6.07 Å². The van der Waals surface area contributed by atoms with Crippen LogP contribution in [0.3, 0.4) is 0 Å². The summed E-state index contributed by atoms with van der Waals surface area (Å²) in [4.78, 5) is 23.9. The lowest BCUT2D eigenvalue weighted by Crippen LogP contribution is -2.40. The number of carbonyl (C=O) groups excluding carboxylic acids is 1. The fraction of sp³-hybridized carbons (Fsp3) is 0.444. The topological polar surface area (TPSA) is 107 Å². The van der Waals surface area contributed by atoms with Crippen LogP contribution in [0.15, 0.2) is 12.3 Å². The molecule has 0 aliphatic carbocycles. The van der Waals surface area contributed by atoms with Gasteiger partial charge in [-0.25, -0.2) is 4.79 Å². The molecule has 2 heterocycles. The second-order valence-electron chi connectivity index (χ2n) is 3.67. The molecule has 2 atom stereocenters. The number of rotatable bonds is 2. The summed E-state index contributed by atoms with van der Waals surface area (Å²) >= 11 is 0. The van der Waals surface area contributed by atoms with Gasteiger partial charge < -0.3 is 15.1 Å². The standard InChI is InChI=1S/C9H11N3O4/c13-5-3-7(9(15)16)12(4-5)8(14)6-1-2-10-11-6/h1-2,5,7,13H,3-4H2,(H,10,11)(H,15,16)/t5?,7-/m0/s1. The minimum absolute atomic E-state index is 0.0365. The number of carboxylic acids is 1. The molecule has 1 amide bonds. The van der Waals surface area contributed by atoms with Crippen molar-refractivity contribution in [3.63, 3.8) is 0 Å². The lowest BCUT2D eigenvalue weighted by atomic mass is 10.2. The molecule has 0 saturated carbocycles. The van der Waals surface area contributed by atoms with E-state index in [1.807, 2.05) is 0 Å². The first-order valence-electron chi connectivity index (χ1n) is 4.81. The molecule has 1 aromatic heterocycles. The van der Waals surface area contributed by atoms with E-state index in [1.165, 1.54) is 12.3 Å². The molecule has 2 rings (SSSR count). The predicted molar refractivity (Wildman–Crippen MR) is 51.7 cm³/mol. The Balaban J connectivity index is 2.20. The number of β-amino-alcohol motifs (C(OH)–C–C–N with tert-alkyl or cyclic N) is 1. The molecule has 0 bridgehead atoms. The average molecular weight is 225 g/mol. The van der Waals surface area contributed by atoms with Gasteiger partial charge in [0.25, 0.3) is 5.91 Å². The Morgan fingerprint density at radius 2 is 2.31 bits per heavy atom. The number of carboxylic acid groups (broad SMARTS) is 1. The van der Waals surface area contributed by atoms with Crippen molar-refractivity contribution >= 4 is 11.9 Å². The van der Waals surface area contributed by atoms with E-state index in [2.05, 4.69) is 10.2 Å². The molecule has 1 saturated heterocycles. The highest BCUT2D eigenvalue weighted by molar-refractivity contribution is 5.95. The number of nitrogens with zero attached hydrogens (tertiary/aromatic N) is 2. The van der Waals surface area contributed by atoms with E-state index in [-0.39, 0.29) is 18.7 Å². The highest BCUT2D eigenvalue weighted by Crippen LogP contribution is 2.20. The van der Waals surface area contributed by atoms with Crippen LogP contribution >= 0.6 is 0 Å². The molecule has 3 N–H and O–H groups in total. The Bertz CT molecular complexity index is 403. The Morgan fingerprint density at radius 1 is 1.56 bits per heavy atom. The van der Waals surface area contributed by atoms with Gasteiger partial charge >= 0.3 is 5.97 Å². The zero-order valence-electron chi connectivity index (χ0n) is 8.33. The summed E-state index contributed by atoms with van der Waals surface area (Å²) in [5.74, 6) is -1.56. The smallest absolute Gasteiger partial charge is 0.326 e. The van der Waals surface area contributed by atoms with Crippen molar-refractivity contribution in [1.82, 2.24) is 15.1 Å². The lowest BCUT2D eigenvalue weighted by molar-refractivity contribution is -0.141. The van der Waals surface area contributed by atoms with Crippen LogP contribution in [0, 0.1) is 0 Å². The number of aliphatic hydroxyl groups excluding tert-OH is 1. The Hall–Kier alpha value is -1.89. The summed E-state index contributed by atoms with van der Waals surface area (Å²) in [6.45, 7) is 0.0365. The zero-order valence-corrected chi connectivity index (χ0v) is 8.33. The first-order chi connectivity index (χ1) is 7.59. The van der Waals surface area contributed by atoms with Crippen molar-refractivity contribution in [3.05, 3.63) is 18.0 Å². The number of amides is 1. The molecule has 0 aromatic carbocycles. The largest absolute Gasteiger partial charge is 0.480 e. The monoisotopic (exact) mass is 225 g/mol. The van der Waals surface area contributed by atoms with E-state index in [9.17, 15) is 14.7 Å². The van der Waals surface area contributed by atoms with Gasteiger partial charge in [-0.1, -0.05) is 0 Å². The number of aliphatic hydroxyl groups is 1. The normalized spacial score (nSPS) is 24.7. The Kier molecular flexibility index (Phi) is 2.61. The number of nitrogens with one attached hydrogen (secondary N) is 1. The van der Waals surface area contributed by atoms with E-state index >= 15 is 0 Å². The summed E-state index contributed by atoms with van der Waals surface area (Å²) in [7, 11) is 0. The molecule has 1 aliphatic rings. The number of hydrogen-bond donors (Lipinski definition) is 3. The molecule has 0 radical (unpaired) electrons. The highest BCUT2D eigenvalue weighted by atomic mass is 16.4. The molecule has 1 aromatic rings. The molecular formula is C9H11N3O4. The van der Waals surface area contributed by atoms with Crippen LogP contribution in [0.1, 0.15) is 16.9 Å². The maximum atomic E-state index is 11.8. The maximum Gasteiger partial charge on any atom is 0.326 e. The summed E-state index contributed by atoms with van der Waals surface area (Å²) in [5, 5.41) is 24.4. The number of aromatic amines is 1. The van der Waals surface area contributed by atoms with Gasteiger partial charge in [0.15, 0.2) is 0 Å². The third-order valence-electron chi connectivity index (χ3n) is 2.56. The molecule has 1 fully saturated rings. The third-order valence-corrected chi connectivity index (χ3v) is 2.56. The summed E-state index contributed by atoms with van der Waals surface area (Å²) < 4.78 is 0. The fourth-order valence-electron chi connectivity index (χ4n) is 1.80. The molecule has 1 aliphatic heterocycles. The SMILES string of the molecule is O=C(O)[C@@H]1CC(O)CN1C(=O)c1ccn[nH]1. The van der Waals surface area contributed by atoms with E-state index in [0.717, 1.165) is 4.90 Å². The lowest BCUT2D eigenvalue weighted by Gasteiger charge is -2.19. The van der Waals surface area contributed by atoms with Crippen LogP contribution in [0.25, 0.3) is 0 Å².